The molecule has 6 nitrogen and oxygen atoms in total. The average molecular weight is 359 g/mol. The van der Waals surface area contributed by atoms with Crippen molar-refractivity contribution in [1.29, 1.82) is 0 Å². The number of para-hydroxylation sites is 2. The molecule has 1 aromatic carbocycles. The lowest BCUT2D eigenvalue weighted by atomic mass is 10.2. The predicted molar refractivity (Wildman–Crippen MR) is 97.0 cm³/mol. The van der Waals surface area contributed by atoms with Crippen molar-refractivity contribution in [2.75, 3.05) is 11.4 Å². The largest absolute Gasteiger partial charge is 0.479 e. The molecule has 0 saturated carbocycles. The molecular weight excluding hydrogens is 338 g/mol. The van der Waals surface area contributed by atoms with Gasteiger partial charge < -0.3 is 10.1 Å². The van der Waals surface area contributed by atoms with E-state index in [0.29, 0.717) is 11.4 Å². The quantitative estimate of drug-likeness (QED) is 0.911. The van der Waals surface area contributed by atoms with Gasteiger partial charge in [-0.3, -0.25) is 14.5 Å². The maximum atomic E-state index is 12.5. The number of aromatic nitrogens is 1. The number of carbonyl (C=O) groups excluding carboxylic acids is 2. The van der Waals surface area contributed by atoms with E-state index in [1.165, 1.54) is 4.90 Å². The highest BCUT2D eigenvalue weighted by atomic mass is 32.1. The van der Waals surface area contributed by atoms with Crippen LogP contribution in [-0.2, 0) is 9.59 Å². The van der Waals surface area contributed by atoms with Crippen molar-refractivity contribution < 1.29 is 14.3 Å². The van der Waals surface area contributed by atoms with E-state index < -0.39 is 6.10 Å². The van der Waals surface area contributed by atoms with Gasteiger partial charge in [0.25, 0.3) is 5.91 Å². The highest BCUT2D eigenvalue weighted by Crippen LogP contribution is 2.33. The van der Waals surface area contributed by atoms with E-state index in [9.17, 15) is 9.59 Å². The van der Waals surface area contributed by atoms with Gasteiger partial charge in [-0.2, -0.15) is 0 Å². The minimum absolute atomic E-state index is 0.0370. The number of thiazole rings is 1. The Morgan fingerprint density at radius 2 is 2.12 bits per heavy atom. The summed E-state index contributed by atoms with van der Waals surface area (Å²) < 4.78 is 5.60. The molecule has 0 unspecified atom stereocenters. The molecule has 25 heavy (non-hydrogen) atoms. The van der Waals surface area contributed by atoms with Gasteiger partial charge in [-0.05, 0) is 39.8 Å². The third kappa shape index (κ3) is 3.51. The molecule has 0 spiro atoms. The monoisotopic (exact) mass is 359 g/mol. The number of amides is 2. The lowest BCUT2D eigenvalue weighted by Crippen LogP contribution is -2.49. The molecule has 1 aromatic heterocycles. The van der Waals surface area contributed by atoms with Crippen LogP contribution in [0.2, 0.25) is 0 Å². The Bertz CT molecular complexity index is 818. The van der Waals surface area contributed by atoms with Crippen LogP contribution in [0.15, 0.2) is 24.3 Å². The highest BCUT2D eigenvalue weighted by molar-refractivity contribution is 7.11. The van der Waals surface area contributed by atoms with Gasteiger partial charge in [-0.1, -0.05) is 12.1 Å². The van der Waals surface area contributed by atoms with Gasteiger partial charge >= 0.3 is 0 Å². The Kier molecular flexibility index (Phi) is 4.76. The zero-order chi connectivity index (χ0) is 18.1. The second-order valence-electron chi connectivity index (χ2n) is 6.12. The SMILES string of the molecule is Cc1nc(C)c([C@H](C)NC(=O)CN2C(=O)[C@@H](C)Oc3ccccc32)s1. The Morgan fingerprint density at radius 3 is 2.80 bits per heavy atom. The molecule has 2 heterocycles. The van der Waals surface area contributed by atoms with Crippen LogP contribution in [0.4, 0.5) is 5.69 Å². The number of nitrogens with zero attached hydrogens (tertiary/aromatic N) is 2. The van der Waals surface area contributed by atoms with Crippen LogP contribution in [-0.4, -0.2) is 29.4 Å². The number of fused-ring (bicyclic) bond motifs is 1. The molecule has 1 aliphatic rings. The van der Waals surface area contributed by atoms with Gasteiger partial charge in [0.1, 0.15) is 12.3 Å². The normalized spacial score (nSPS) is 17.7. The minimum atomic E-state index is -0.605. The first-order valence-electron chi connectivity index (χ1n) is 8.17. The van der Waals surface area contributed by atoms with Gasteiger partial charge in [-0.15, -0.1) is 11.3 Å². The molecule has 1 N–H and O–H groups in total. The summed E-state index contributed by atoms with van der Waals surface area (Å²) in [6.07, 6.45) is -0.605. The lowest BCUT2D eigenvalue weighted by Gasteiger charge is -2.32. The molecule has 0 bridgehead atoms. The van der Waals surface area contributed by atoms with E-state index in [0.717, 1.165) is 15.6 Å². The van der Waals surface area contributed by atoms with Crippen molar-refractivity contribution in [3.63, 3.8) is 0 Å². The van der Waals surface area contributed by atoms with E-state index in [1.54, 1.807) is 30.4 Å². The Hall–Kier alpha value is -2.41. The summed E-state index contributed by atoms with van der Waals surface area (Å²) in [4.78, 5) is 31.9. The first-order valence-corrected chi connectivity index (χ1v) is 8.99. The number of ether oxygens (including phenoxy) is 1. The number of carbonyl (C=O) groups is 2. The Labute approximate surface area is 150 Å². The van der Waals surface area contributed by atoms with Gasteiger partial charge in [0, 0.05) is 4.88 Å². The van der Waals surface area contributed by atoms with Gasteiger partial charge in [-0.25, -0.2) is 4.98 Å². The smallest absolute Gasteiger partial charge is 0.268 e. The van der Waals surface area contributed by atoms with Crippen LogP contribution in [0, 0.1) is 13.8 Å². The third-order valence-electron chi connectivity index (χ3n) is 4.09. The summed E-state index contributed by atoms with van der Waals surface area (Å²) in [5.74, 6) is 0.186. The first-order chi connectivity index (χ1) is 11.9. The van der Waals surface area contributed by atoms with Crippen molar-refractivity contribution in [2.24, 2.45) is 0 Å². The molecule has 0 fully saturated rings. The lowest BCUT2D eigenvalue weighted by molar-refractivity contribution is -0.128. The number of hydrogen-bond donors (Lipinski definition) is 1. The van der Waals surface area contributed by atoms with Crippen molar-refractivity contribution in [3.05, 3.63) is 39.8 Å². The fourth-order valence-corrected chi connectivity index (χ4v) is 3.90. The molecule has 2 atom stereocenters. The van der Waals surface area contributed by atoms with E-state index in [-0.39, 0.29) is 24.4 Å². The number of aryl methyl sites for hydroxylation is 2. The summed E-state index contributed by atoms with van der Waals surface area (Å²) in [6, 6.07) is 7.10. The van der Waals surface area contributed by atoms with Crippen molar-refractivity contribution >= 4 is 28.8 Å². The second-order valence-corrected chi connectivity index (χ2v) is 7.36. The molecule has 0 aliphatic carbocycles. The van der Waals surface area contributed by atoms with Crippen LogP contribution >= 0.6 is 11.3 Å². The summed E-state index contributed by atoms with van der Waals surface area (Å²) in [5, 5.41) is 3.93. The number of benzene rings is 1. The zero-order valence-electron chi connectivity index (χ0n) is 14.7. The topological polar surface area (TPSA) is 71.5 Å². The second kappa shape index (κ2) is 6.84. The van der Waals surface area contributed by atoms with Crippen LogP contribution in [0.3, 0.4) is 0 Å². The van der Waals surface area contributed by atoms with E-state index >= 15 is 0 Å². The van der Waals surface area contributed by atoms with Gasteiger partial charge in [0.05, 0.1) is 22.4 Å². The molecule has 1 aliphatic heterocycles. The molecule has 2 aromatic rings. The van der Waals surface area contributed by atoms with E-state index in [1.807, 2.05) is 32.9 Å². The molecule has 2 amide bonds. The molecule has 0 radical (unpaired) electrons. The van der Waals surface area contributed by atoms with Gasteiger partial charge in [0.2, 0.25) is 5.91 Å². The maximum Gasteiger partial charge on any atom is 0.268 e. The number of anilines is 1. The average Bonchev–Trinajstić information content (AvgIpc) is 2.90. The number of hydrogen-bond acceptors (Lipinski definition) is 5. The van der Waals surface area contributed by atoms with Gasteiger partial charge in [0.15, 0.2) is 6.10 Å². The Balaban J connectivity index is 1.74. The summed E-state index contributed by atoms with van der Waals surface area (Å²) in [5.41, 5.74) is 1.55. The molecule has 3 rings (SSSR count). The minimum Gasteiger partial charge on any atom is -0.479 e. The maximum absolute atomic E-state index is 12.5. The zero-order valence-corrected chi connectivity index (χ0v) is 15.5. The fraction of sp³-hybridized carbons (Fsp3) is 0.389. The van der Waals surface area contributed by atoms with Crippen LogP contribution < -0.4 is 15.0 Å². The van der Waals surface area contributed by atoms with Crippen molar-refractivity contribution in [3.8, 4) is 5.75 Å². The van der Waals surface area contributed by atoms with Crippen LogP contribution in [0.5, 0.6) is 5.75 Å². The summed E-state index contributed by atoms with van der Waals surface area (Å²) in [7, 11) is 0. The van der Waals surface area contributed by atoms with Crippen LogP contribution in [0.25, 0.3) is 0 Å². The fourth-order valence-electron chi connectivity index (χ4n) is 2.97. The standard InChI is InChI=1S/C18H21N3O3S/c1-10-17(25-13(4)19-10)11(2)20-16(22)9-21-14-7-5-6-8-15(14)24-12(3)18(21)23/h5-8,11-12H,9H2,1-4H3,(H,20,22)/t11-,12+/m0/s1. The molecule has 7 heteroatoms. The molecule has 132 valence electrons. The predicted octanol–water partition coefficient (Wildman–Crippen LogP) is 2.75. The summed E-state index contributed by atoms with van der Waals surface area (Å²) in [6.45, 7) is 7.46. The van der Waals surface area contributed by atoms with E-state index in [4.69, 9.17) is 4.74 Å². The molecular formula is C18H21N3O3S. The Morgan fingerprint density at radius 1 is 1.40 bits per heavy atom. The van der Waals surface area contributed by atoms with Crippen LogP contribution in [0.1, 0.15) is 35.5 Å². The summed E-state index contributed by atoms with van der Waals surface area (Å²) >= 11 is 1.57. The highest BCUT2D eigenvalue weighted by Gasteiger charge is 2.32. The third-order valence-corrected chi connectivity index (χ3v) is 5.34. The van der Waals surface area contributed by atoms with Crippen molar-refractivity contribution in [1.82, 2.24) is 10.3 Å². The first kappa shape index (κ1) is 17.4. The van der Waals surface area contributed by atoms with E-state index in [2.05, 4.69) is 10.3 Å². The number of rotatable bonds is 4. The van der Waals surface area contributed by atoms with Crippen molar-refractivity contribution in [2.45, 2.75) is 39.8 Å². The molecule has 0 saturated heterocycles. The number of nitrogens with one attached hydrogen (secondary N) is 1.